The normalized spacial score (nSPS) is 11.0. The van der Waals surface area contributed by atoms with Crippen LogP contribution >= 0.6 is 11.3 Å². The number of aryl methyl sites for hydroxylation is 1. The Balaban J connectivity index is 1.64. The average Bonchev–Trinajstić information content (AvgIpc) is 3.25. The van der Waals surface area contributed by atoms with Gasteiger partial charge in [-0.05, 0) is 36.8 Å². The number of benzene rings is 1. The molecule has 0 unspecified atom stereocenters. The summed E-state index contributed by atoms with van der Waals surface area (Å²) in [5, 5.41) is 6.30. The van der Waals surface area contributed by atoms with Gasteiger partial charge in [0.05, 0.1) is 11.4 Å². The van der Waals surface area contributed by atoms with Crippen molar-refractivity contribution in [2.75, 3.05) is 24.3 Å². The minimum atomic E-state index is 0.709. The van der Waals surface area contributed by atoms with Crippen LogP contribution in [0.15, 0.2) is 48.1 Å². The Labute approximate surface area is 156 Å². The summed E-state index contributed by atoms with van der Waals surface area (Å²) in [7, 11) is 4.07. The molecule has 4 aromatic rings. The molecule has 7 heteroatoms. The molecule has 6 nitrogen and oxygen atoms in total. The maximum absolute atomic E-state index is 4.77. The molecule has 26 heavy (non-hydrogen) atoms. The van der Waals surface area contributed by atoms with Gasteiger partial charge in [-0.25, -0.2) is 15.0 Å². The first-order chi connectivity index (χ1) is 12.7. The molecule has 0 saturated carbocycles. The minimum absolute atomic E-state index is 0.709. The zero-order valence-corrected chi connectivity index (χ0v) is 15.8. The Morgan fingerprint density at radius 1 is 1.15 bits per heavy atom. The van der Waals surface area contributed by atoms with Gasteiger partial charge in [0.15, 0.2) is 5.13 Å². The molecule has 0 fully saturated rings. The monoisotopic (exact) mass is 364 g/mol. The van der Waals surface area contributed by atoms with Crippen LogP contribution in [0.3, 0.4) is 0 Å². The van der Waals surface area contributed by atoms with Gasteiger partial charge in [0.2, 0.25) is 5.78 Å². The predicted octanol–water partition coefficient (Wildman–Crippen LogP) is 4.22. The third kappa shape index (κ3) is 3.01. The number of fused-ring (bicyclic) bond motifs is 1. The summed E-state index contributed by atoms with van der Waals surface area (Å²) in [6, 6.07) is 10.2. The van der Waals surface area contributed by atoms with Crippen molar-refractivity contribution in [3.05, 3.63) is 53.8 Å². The van der Waals surface area contributed by atoms with E-state index in [9.17, 15) is 0 Å². The second-order valence-corrected chi connectivity index (χ2v) is 7.01. The number of hydrogen-bond acceptors (Lipinski definition) is 6. The van der Waals surface area contributed by atoms with Crippen LogP contribution in [0, 0.1) is 0 Å². The van der Waals surface area contributed by atoms with Gasteiger partial charge in [-0.1, -0.05) is 6.92 Å². The number of aromatic nitrogens is 4. The Bertz CT molecular complexity index is 1030. The molecule has 3 heterocycles. The van der Waals surface area contributed by atoms with Crippen LogP contribution in [-0.2, 0) is 6.42 Å². The fourth-order valence-corrected chi connectivity index (χ4v) is 3.57. The summed E-state index contributed by atoms with van der Waals surface area (Å²) in [6.45, 7) is 2.10. The maximum Gasteiger partial charge on any atom is 0.234 e. The van der Waals surface area contributed by atoms with E-state index in [-0.39, 0.29) is 0 Å². The SMILES string of the molecule is CCc1nc2ncccn2c1-c1csc(Nc2ccc(N(C)C)cc2)n1. The fraction of sp³-hybridized carbons (Fsp3) is 0.211. The maximum atomic E-state index is 4.77. The van der Waals surface area contributed by atoms with Gasteiger partial charge < -0.3 is 10.2 Å². The summed E-state index contributed by atoms with van der Waals surface area (Å²) in [4.78, 5) is 15.8. The summed E-state index contributed by atoms with van der Waals surface area (Å²) < 4.78 is 2.00. The van der Waals surface area contributed by atoms with E-state index in [1.807, 2.05) is 30.8 Å². The number of thiazole rings is 1. The Morgan fingerprint density at radius 2 is 1.96 bits per heavy atom. The molecule has 3 aromatic heterocycles. The van der Waals surface area contributed by atoms with Crippen LogP contribution in [0.2, 0.25) is 0 Å². The molecule has 0 aliphatic heterocycles. The van der Waals surface area contributed by atoms with E-state index in [4.69, 9.17) is 4.98 Å². The van der Waals surface area contributed by atoms with Crippen molar-refractivity contribution in [2.24, 2.45) is 0 Å². The Morgan fingerprint density at radius 3 is 2.69 bits per heavy atom. The second-order valence-electron chi connectivity index (χ2n) is 6.15. The molecular weight excluding hydrogens is 344 g/mol. The van der Waals surface area contributed by atoms with E-state index in [0.717, 1.165) is 34.3 Å². The number of anilines is 3. The van der Waals surface area contributed by atoms with E-state index < -0.39 is 0 Å². The molecule has 4 rings (SSSR count). The molecule has 0 aliphatic rings. The molecule has 1 N–H and O–H groups in total. The van der Waals surface area contributed by atoms with Crippen LogP contribution in [0.25, 0.3) is 17.2 Å². The van der Waals surface area contributed by atoms with Crippen LogP contribution in [-0.4, -0.2) is 33.4 Å². The van der Waals surface area contributed by atoms with Crippen molar-refractivity contribution >= 4 is 33.6 Å². The van der Waals surface area contributed by atoms with Gasteiger partial charge in [0, 0.05) is 43.2 Å². The number of nitrogens with zero attached hydrogens (tertiary/aromatic N) is 5. The Hall–Kier alpha value is -2.93. The van der Waals surface area contributed by atoms with Gasteiger partial charge in [-0.3, -0.25) is 4.40 Å². The zero-order valence-electron chi connectivity index (χ0n) is 15.0. The van der Waals surface area contributed by atoms with Crippen molar-refractivity contribution < 1.29 is 0 Å². The van der Waals surface area contributed by atoms with Crippen LogP contribution < -0.4 is 10.2 Å². The number of nitrogens with one attached hydrogen (secondary N) is 1. The lowest BCUT2D eigenvalue weighted by atomic mass is 10.2. The van der Waals surface area contributed by atoms with Crippen molar-refractivity contribution in [3.8, 4) is 11.4 Å². The standard InChI is InChI=1S/C19H20N6S/c1-4-15-17(25-11-5-10-20-18(25)22-15)16-12-26-19(23-16)21-13-6-8-14(9-7-13)24(2)3/h5-12H,4H2,1-3H3,(H,21,23). The van der Waals surface area contributed by atoms with E-state index in [0.29, 0.717) is 5.78 Å². The van der Waals surface area contributed by atoms with Crippen molar-refractivity contribution in [1.82, 2.24) is 19.4 Å². The van der Waals surface area contributed by atoms with E-state index >= 15 is 0 Å². The largest absolute Gasteiger partial charge is 0.378 e. The molecular formula is C19H20N6S. The van der Waals surface area contributed by atoms with Crippen LogP contribution in [0.1, 0.15) is 12.6 Å². The van der Waals surface area contributed by atoms with Gasteiger partial charge in [-0.2, -0.15) is 0 Å². The summed E-state index contributed by atoms with van der Waals surface area (Å²) in [5.41, 5.74) is 5.13. The molecule has 0 radical (unpaired) electrons. The lowest BCUT2D eigenvalue weighted by Crippen LogP contribution is -2.08. The lowest BCUT2D eigenvalue weighted by molar-refractivity contribution is 1.07. The molecule has 0 spiro atoms. The van der Waals surface area contributed by atoms with Gasteiger partial charge >= 0.3 is 0 Å². The van der Waals surface area contributed by atoms with Crippen molar-refractivity contribution in [2.45, 2.75) is 13.3 Å². The first-order valence-electron chi connectivity index (χ1n) is 8.48. The predicted molar refractivity (Wildman–Crippen MR) is 108 cm³/mol. The number of imidazole rings is 1. The van der Waals surface area contributed by atoms with E-state index in [1.54, 1.807) is 17.5 Å². The minimum Gasteiger partial charge on any atom is -0.378 e. The average molecular weight is 364 g/mol. The highest BCUT2D eigenvalue weighted by molar-refractivity contribution is 7.14. The molecule has 0 aliphatic carbocycles. The topological polar surface area (TPSA) is 58.4 Å². The highest BCUT2D eigenvalue weighted by atomic mass is 32.1. The number of rotatable bonds is 5. The van der Waals surface area contributed by atoms with Gasteiger partial charge in [0.1, 0.15) is 5.69 Å². The molecule has 0 bridgehead atoms. The summed E-state index contributed by atoms with van der Waals surface area (Å²) in [6.07, 6.45) is 4.58. The highest BCUT2D eigenvalue weighted by Crippen LogP contribution is 2.30. The quantitative estimate of drug-likeness (QED) is 0.574. The van der Waals surface area contributed by atoms with E-state index in [1.165, 1.54) is 5.69 Å². The Kier molecular flexibility index (Phi) is 4.30. The molecule has 132 valence electrons. The van der Waals surface area contributed by atoms with Crippen LogP contribution in [0.4, 0.5) is 16.5 Å². The molecule has 0 atom stereocenters. The third-order valence-corrected chi connectivity index (χ3v) is 4.95. The highest BCUT2D eigenvalue weighted by Gasteiger charge is 2.16. The first kappa shape index (κ1) is 16.5. The smallest absolute Gasteiger partial charge is 0.234 e. The van der Waals surface area contributed by atoms with Gasteiger partial charge in [-0.15, -0.1) is 11.3 Å². The molecule has 1 aromatic carbocycles. The second kappa shape index (κ2) is 6.76. The third-order valence-electron chi connectivity index (χ3n) is 4.19. The summed E-state index contributed by atoms with van der Waals surface area (Å²) >= 11 is 1.59. The van der Waals surface area contributed by atoms with Crippen molar-refractivity contribution in [3.63, 3.8) is 0 Å². The first-order valence-corrected chi connectivity index (χ1v) is 9.36. The van der Waals surface area contributed by atoms with Crippen LogP contribution in [0.5, 0.6) is 0 Å². The zero-order chi connectivity index (χ0) is 18.1. The molecule has 0 saturated heterocycles. The van der Waals surface area contributed by atoms with Gasteiger partial charge in [0.25, 0.3) is 0 Å². The lowest BCUT2D eigenvalue weighted by Gasteiger charge is -2.12. The fourth-order valence-electron chi connectivity index (χ4n) is 2.86. The molecule has 0 amide bonds. The van der Waals surface area contributed by atoms with E-state index in [2.05, 4.69) is 56.8 Å². The number of hydrogen-bond donors (Lipinski definition) is 1. The van der Waals surface area contributed by atoms with Crippen molar-refractivity contribution in [1.29, 1.82) is 0 Å². The summed E-state index contributed by atoms with van der Waals surface area (Å²) in [5.74, 6) is 0.709.